The van der Waals surface area contributed by atoms with E-state index < -0.39 is 5.79 Å². The van der Waals surface area contributed by atoms with Crippen molar-refractivity contribution < 1.29 is 14.3 Å². The van der Waals surface area contributed by atoms with Crippen molar-refractivity contribution in [2.24, 2.45) is 0 Å². The molecule has 0 unspecified atom stereocenters. The quantitative estimate of drug-likeness (QED) is 0.502. The molecule has 0 N–H and O–H groups in total. The van der Waals surface area contributed by atoms with Crippen LogP contribution in [0.2, 0.25) is 0 Å². The summed E-state index contributed by atoms with van der Waals surface area (Å²) >= 11 is 0. The van der Waals surface area contributed by atoms with Gasteiger partial charge >= 0.3 is 0 Å². The summed E-state index contributed by atoms with van der Waals surface area (Å²) in [5, 5.41) is 0. The molecular weight excluding hydrogens is 132 g/mol. The summed E-state index contributed by atoms with van der Waals surface area (Å²) in [6.45, 7) is 4.29. The van der Waals surface area contributed by atoms with E-state index in [9.17, 15) is 4.79 Å². The fourth-order valence-corrected chi connectivity index (χ4v) is 0.779. The molecule has 0 aromatic carbocycles. The number of ether oxygens (including phenoxy) is 2. The summed E-state index contributed by atoms with van der Waals surface area (Å²) in [5.74, 6) is -0.461. The highest BCUT2D eigenvalue weighted by molar-refractivity contribution is 5.79. The molecule has 0 aliphatic carbocycles. The van der Waals surface area contributed by atoms with Gasteiger partial charge in [-0.1, -0.05) is 0 Å². The minimum Gasteiger partial charge on any atom is -0.350 e. The summed E-state index contributed by atoms with van der Waals surface area (Å²) in [6, 6.07) is 0. The van der Waals surface area contributed by atoms with Gasteiger partial charge in [0.15, 0.2) is 11.6 Å². The molecule has 3 nitrogen and oxygen atoms in total. The van der Waals surface area contributed by atoms with Crippen LogP contribution in [0.25, 0.3) is 0 Å². The molecule has 0 bridgehead atoms. The van der Waals surface area contributed by atoms with Crippen molar-refractivity contribution in [1.82, 2.24) is 0 Å². The van der Waals surface area contributed by atoms with E-state index in [1.54, 1.807) is 0 Å². The molecule has 0 atom stereocenters. The molecule has 3 heteroatoms. The number of Topliss-reactive ketones (excluding diaryl/α,β-unsaturated/α-hetero) is 1. The molecule has 0 radical (unpaired) electrons. The van der Waals surface area contributed by atoms with Crippen LogP contribution < -0.4 is 0 Å². The zero-order valence-electron chi connectivity index (χ0n) is 6.35. The Morgan fingerprint density at radius 2 is 2.10 bits per heavy atom. The predicted octanol–water partition coefficient (Wildman–Crippen LogP) is 0.729. The first-order chi connectivity index (χ1) is 4.60. The fourth-order valence-electron chi connectivity index (χ4n) is 0.779. The minimum atomic E-state index is -0.577. The third-order valence-corrected chi connectivity index (χ3v) is 1.41. The second kappa shape index (κ2) is 2.68. The van der Waals surface area contributed by atoms with Crippen molar-refractivity contribution in [2.75, 3.05) is 13.2 Å². The number of hydrogen-bond donors (Lipinski definition) is 0. The summed E-state index contributed by atoms with van der Waals surface area (Å²) < 4.78 is 10.3. The van der Waals surface area contributed by atoms with E-state index >= 15 is 0 Å². The van der Waals surface area contributed by atoms with Gasteiger partial charge < -0.3 is 9.47 Å². The second-order valence-electron chi connectivity index (χ2n) is 2.83. The first kappa shape index (κ1) is 7.69. The molecule has 1 saturated heterocycles. The van der Waals surface area contributed by atoms with E-state index in [-0.39, 0.29) is 12.4 Å². The molecule has 58 valence electrons. The number of carbonyl (C=O) groups excluding carboxylic acids is 1. The van der Waals surface area contributed by atoms with E-state index in [1.165, 1.54) is 0 Å². The maximum Gasteiger partial charge on any atom is 0.163 e. The van der Waals surface area contributed by atoms with Crippen LogP contribution in [0.15, 0.2) is 0 Å². The lowest BCUT2D eigenvalue weighted by Gasteiger charge is -2.21. The Kier molecular flexibility index (Phi) is 2.06. The average molecular weight is 144 g/mol. The van der Waals surface area contributed by atoms with Crippen LogP contribution in [0.3, 0.4) is 0 Å². The van der Waals surface area contributed by atoms with Crippen molar-refractivity contribution >= 4 is 5.78 Å². The number of rotatable bonds is 0. The zero-order chi connectivity index (χ0) is 7.61. The summed E-state index contributed by atoms with van der Waals surface area (Å²) in [4.78, 5) is 10.8. The molecule has 1 fully saturated rings. The van der Waals surface area contributed by atoms with Crippen molar-refractivity contribution in [1.29, 1.82) is 0 Å². The molecule has 0 aromatic heterocycles. The van der Waals surface area contributed by atoms with Crippen LogP contribution >= 0.6 is 0 Å². The van der Waals surface area contributed by atoms with Gasteiger partial charge in [0.2, 0.25) is 0 Å². The number of hydrogen-bond acceptors (Lipinski definition) is 3. The van der Waals surface area contributed by atoms with Gasteiger partial charge in [0.1, 0.15) is 6.61 Å². The molecule has 0 spiro atoms. The predicted molar refractivity (Wildman–Crippen MR) is 35.6 cm³/mol. The van der Waals surface area contributed by atoms with Crippen LogP contribution in [0.4, 0.5) is 0 Å². The lowest BCUT2D eigenvalue weighted by molar-refractivity contribution is -0.199. The van der Waals surface area contributed by atoms with Crippen LogP contribution in [0.1, 0.15) is 20.3 Å². The Balaban J connectivity index is 2.48. The second-order valence-corrected chi connectivity index (χ2v) is 2.83. The van der Waals surface area contributed by atoms with E-state index in [1.807, 2.05) is 13.8 Å². The maximum absolute atomic E-state index is 10.8. The highest BCUT2D eigenvalue weighted by Crippen LogP contribution is 2.14. The van der Waals surface area contributed by atoms with Gasteiger partial charge in [-0.05, 0) is 13.8 Å². The van der Waals surface area contributed by atoms with E-state index in [4.69, 9.17) is 9.47 Å². The highest BCUT2D eigenvalue weighted by Gasteiger charge is 2.23. The van der Waals surface area contributed by atoms with Gasteiger partial charge in [0, 0.05) is 6.42 Å². The van der Waals surface area contributed by atoms with Gasteiger partial charge in [0.25, 0.3) is 0 Å². The van der Waals surface area contributed by atoms with Gasteiger partial charge in [-0.3, -0.25) is 4.79 Å². The first-order valence-corrected chi connectivity index (χ1v) is 3.40. The molecule has 1 aliphatic rings. The van der Waals surface area contributed by atoms with Gasteiger partial charge in [0.05, 0.1) is 6.61 Å². The molecule has 0 amide bonds. The monoisotopic (exact) mass is 144 g/mol. The molecule has 1 rings (SSSR count). The standard InChI is InChI=1S/C7H12O3/c1-7(2)9-4-3-6(8)5-10-7/h3-5H2,1-2H3. The first-order valence-electron chi connectivity index (χ1n) is 3.40. The Morgan fingerprint density at radius 1 is 1.40 bits per heavy atom. The highest BCUT2D eigenvalue weighted by atomic mass is 16.7. The third kappa shape index (κ3) is 2.08. The fraction of sp³-hybridized carbons (Fsp3) is 0.857. The largest absolute Gasteiger partial charge is 0.350 e. The van der Waals surface area contributed by atoms with Crippen LogP contribution in [-0.2, 0) is 14.3 Å². The molecule has 0 aromatic rings. The molecule has 10 heavy (non-hydrogen) atoms. The van der Waals surface area contributed by atoms with Crippen LogP contribution in [0.5, 0.6) is 0 Å². The van der Waals surface area contributed by atoms with Crippen LogP contribution in [-0.4, -0.2) is 24.8 Å². The summed E-state index contributed by atoms with van der Waals surface area (Å²) in [6.07, 6.45) is 0.476. The van der Waals surface area contributed by atoms with Gasteiger partial charge in [-0.25, -0.2) is 0 Å². The molecule has 1 aliphatic heterocycles. The SMILES string of the molecule is CC1(C)OCCC(=O)CO1. The third-order valence-electron chi connectivity index (χ3n) is 1.41. The van der Waals surface area contributed by atoms with Gasteiger partial charge in [-0.15, -0.1) is 0 Å². The van der Waals surface area contributed by atoms with Crippen molar-refractivity contribution in [3.63, 3.8) is 0 Å². The number of ketones is 1. The van der Waals surface area contributed by atoms with E-state index in [0.29, 0.717) is 13.0 Å². The Hall–Kier alpha value is -0.410. The number of carbonyl (C=O) groups is 1. The van der Waals surface area contributed by atoms with Crippen molar-refractivity contribution in [3.8, 4) is 0 Å². The lowest BCUT2D eigenvalue weighted by atomic mass is 10.3. The average Bonchev–Trinajstić information content (AvgIpc) is 1.94. The molecular formula is C7H12O3. The Bertz CT molecular complexity index is 140. The molecule has 0 saturated carbocycles. The van der Waals surface area contributed by atoms with Crippen molar-refractivity contribution in [3.05, 3.63) is 0 Å². The van der Waals surface area contributed by atoms with Gasteiger partial charge in [-0.2, -0.15) is 0 Å². The van der Waals surface area contributed by atoms with E-state index in [2.05, 4.69) is 0 Å². The zero-order valence-corrected chi connectivity index (χ0v) is 6.35. The van der Waals surface area contributed by atoms with Crippen molar-refractivity contribution in [2.45, 2.75) is 26.1 Å². The summed E-state index contributed by atoms with van der Waals surface area (Å²) in [5.41, 5.74) is 0. The smallest absolute Gasteiger partial charge is 0.163 e. The molecule has 1 heterocycles. The van der Waals surface area contributed by atoms with Crippen LogP contribution in [0, 0.1) is 0 Å². The lowest BCUT2D eigenvalue weighted by Crippen LogP contribution is -2.27. The normalized spacial score (nSPS) is 26.0. The Labute approximate surface area is 60.3 Å². The summed E-state index contributed by atoms with van der Waals surface area (Å²) in [7, 11) is 0. The Morgan fingerprint density at radius 3 is 2.80 bits per heavy atom. The minimum absolute atomic E-state index is 0.116. The topological polar surface area (TPSA) is 35.5 Å². The van der Waals surface area contributed by atoms with E-state index in [0.717, 1.165) is 0 Å². The maximum atomic E-state index is 10.8.